The van der Waals surface area contributed by atoms with Crippen molar-refractivity contribution in [3.8, 4) is 23.0 Å². The quantitative estimate of drug-likeness (QED) is 0.578. The second kappa shape index (κ2) is 10.5. The summed E-state index contributed by atoms with van der Waals surface area (Å²) in [6, 6.07) is 13.4. The van der Waals surface area contributed by atoms with Gasteiger partial charge in [-0.25, -0.2) is 0 Å². The van der Waals surface area contributed by atoms with Crippen LogP contribution in [-0.4, -0.2) is 40.1 Å². The van der Waals surface area contributed by atoms with Gasteiger partial charge in [-0.3, -0.25) is 0 Å². The molecule has 0 atom stereocenters. The Morgan fingerprint density at radius 1 is 0.760 bits per heavy atom. The Kier molecular flexibility index (Phi) is 7.92. The molecule has 0 aromatic heterocycles. The van der Waals surface area contributed by atoms with Crippen LogP contribution in [0.2, 0.25) is 0 Å². The number of hydrogen-bond acceptors (Lipinski definition) is 5. The van der Waals surface area contributed by atoms with E-state index in [-0.39, 0.29) is 0 Å². The van der Waals surface area contributed by atoms with E-state index in [0.29, 0.717) is 33.0 Å². The lowest BCUT2D eigenvalue weighted by molar-refractivity contribution is 0.0756. The molecule has 0 aliphatic rings. The van der Waals surface area contributed by atoms with Crippen LogP contribution in [0.15, 0.2) is 42.5 Å². The summed E-state index contributed by atoms with van der Waals surface area (Å²) in [5.74, 6) is 3.04. The maximum absolute atomic E-state index is 5.68. The summed E-state index contributed by atoms with van der Waals surface area (Å²) in [7, 11) is 1.63. The summed E-state index contributed by atoms with van der Waals surface area (Å²) >= 11 is 0. The Morgan fingerprint density at radius 2 is 1.48 bits per heavy atom. The minimum Gasteiger partial charge on any atom is -0.494 e. The minimum atomic E-state index is 0.458. The van der Waals surface area contributed by atoms with E-state index in [1.165, 1.54) is 0 Å². The molecule has 0 N–H and O–H groups in total. The smallest absolute Gasteiger partial charge is 0.161 e. The molecule has 5 heteroatoms. The largest absolute Gasteiger partial charge is 0.494 e. The topological polar surface area (TPSA) is 46.2 Å². The molecule has 0 radical (unpaired) electrons. The Hall–Kier alpha value is -2.40. The van der Waals surface area contributed by atoms with Gasteiger partial charge < -0.3 is 23.7 Å². The minimum absolute atomic E-state index is 0.458. The zero-order valence-corrected chi connectivity index (χ0v) is 15.1. The third kappa shape index (κ3) is 6.55. The maximum atomic E-state index is 5.68. The summed E-state index contributed by atoms with van der Waals surface area (Å²) in [5, 5.41) is 0. The zero-order valence-electron chi connectivity index (χ0n) is 15.1. The Bertz CT molecular complexity index is 642. The van der Waals surface area contributed by atoms with Crippen molar-refractivity contribution in [2.75, 3.05) is 40.1 Å². The van der Waals surface area contributed by atoms with Crippen LogP contribution < -0.4 is 18.9 Å². The average Bonchev–Trinajstić information content (AvgIpc) is 2.62. The van der Waals surface area contributed by atoms with Gasteiger partial charge in [0.15, 0.2) is 11.5 Å². The molecule has 0 amide bonds. The molecule has 2 aromatic carbocycles. The van der Waals surface area contributed by atoms with Crippen LogP contribution in [0.25, 0.3) is 0 Å². The van der Waals surface area contributed by atoms with E-state index in [2.05, 4.69) is 0 Å². The Labute approximate surface area is 149 Å². The van der Waals surface area contributed by atoms with E-state index >= 15 is 0 Å². The second-order valence-corrected chi connectivity index (χ2v) is 5.37. The predicted octanol–water partition coefficient (Wildman–Crippen LogP) is 3.88. The normalized spacial score (nSPS) is 10.4. The molecule has 2 aromatic rings. The van der Waals surface area contributed by atoms with Crippen LogP contribution in [-0.2, 0) is 4.74 Å². The lowest BCUT2D eigenvalue weighted by atomic mass is 10.2. The highest BCUT2D eigenvalue weighted by Gasteiger charge is 2.04. The fourth-order valence-corrected chi connectivity index (χ4v) is 2.25. The van der Waals surface area contributed by atoms with Gasteiger partial charge in [0.25, 0.3) is 0 Å². The molecule has 136 valence electrons. The lowest BCUT2D eigenvalue weighted by Crippen LogP contribution is -2.12. The summed E-state index contributed by atoms with van der Waals surface area (Å²) in [6.07, 6.45) is 0. The molecule has 0 heterocycles. The van der Waals surface area contributed by atoms with Gasteiger partial charge >= 0.3 is 0 Å². The van der Waals surface area contributed by atoms with E-state index in [1.54, 1.807) is 7.11 Å². The molecule has 0 bridgehead atoms. The highest BCUT2D eigenvalue weighted by atomic mass is 16.6. The number of ether oxygens (including phenoxy) is 5. The lowest BCUT2D eigenvalue weighted by Gasteiger charge is -2.12. The first kappa shape index (κ1) is 18.9. The molecular formula is C20H26O5. The fraction of sp³-hybridized carbons (Fsp3) is 0.400. The van der Waals surface area contributed by atoms with Crippen molar-refractivity contribution in [2.45, 2.75) is 13.8 Å². The van der Waals surface area contributed by atoms with E-state index in [4.69, 9.17) is 23.7 Å². The summed E-state index contributed by atoms with van der Waals surface area (Å²) in [4.78, 5) is 0. The summed E-state index contributed by atoms with van der Waals surface area (Å²) in [6.45, 7) is 6.52. The number of aryl methyl sites for hydroxylation is 1. The predicted molar refractivity (Wildman–Crippen MR) is 97.2 cm³/mol. The molecule has 0 aliphatic carbocycles. The van der Waals surface area contributed by atoms with Crippen molar-refractivity contribution in [1.29, 1.82) is 0 Å². The third-order valence-electron chi connectivity index (χ3n) is 3.42. The Balaban J connectivity index is 1.61. The monoisotopic (exact) mass is 346 g/mol. The Morgan fingerprint density at radius 3 is 2.20 bits per heavy atom. The van der Waals surface area contributed by atoms with Crippen LogP contribution in [0.1, 0.15) is 12.5 Å². The van der Waals surface area contributed by atoms with Gasteiger partial charge in [0.1, 0.15) is 24.7 Å². The van der Waals surface area contributed by atoms with E-state index in [0.717, 1.165) is 28.6 Å². The van der Waals surface area contributed by atoms with E-state index in [9.17, 15) is 0 Å². The zero-order chi connectivity index (χ0) is 17.9. The molecule has 0 aliphatic heterocycles. The first-order chi connectivity index (χ1) is 12.2. The molecule has 0 unspecified atom stereocenters. The van der Waals surface area contributed by atoms with Crippen LogP contribution in [0.5, 0.6) is 23.0 Å². The highest BCUT2D eigenvalue weighted by Crippen LogP contribution is 2.27. The summed E-state index contributed by atoms with van der Waals surface area (Å²) in [5.41, 5.74) is 1.13. The van der Waals surface area contributed by atoms with Gasteiger partial charge in [-0.1, -0.05) is 12.1 Å². The number of benzene rings is 2. The van der Waals surface area contributed by atoms with Crippen LogP contribution in [0, 0.1) is 6.92 Å². The van der Waals surface area contributed by atoms with Crippen molar-refractivity contribution in [3.63, 3.8) is 0 Å². The molecule has 0 fully saturated rings. The van der Waals surface area contributed by atoms with Crippen molar-refractivity contribution < 1.29 is 23.7 Å². The maximum Gasteiger partial charge on any atom is 0.161 e. The van der Waals surface area contributed by atoms with Gasteiger partial charge in [0, 0.05) is 6.07 Å². The molecule has 25 heavy (non-hydrogen) atoms. The molecule has 0 spiro atoms. The SMILES string of the molecule is CCOc1cccc(OCCOCCOc2ccc(C)cc2OC)c1. The number of rotatable bonds is 11. The number of hydrogen-bond donors (Lipinski definition) is 0. The van der Waals surface area contributed by atoms with Gasteiger partial charge in [-0.2, -0.15) is 0 Å². The fourth-order valence-electron chi connectivity index (χ4n) is 2.25. The standard InChI is InChI=1S/C20H26O5/c1-4-23-17-6-5-7-18(15-17)24-12-10-22-11-13-25-19-9-8-16(2)14-20(19)21-3/h5-9,14-15H,4,10-13H2,1-3H3. The van der Waals surface area contributed by atoms with Crippen LogP contribution in [0.3, 0.4) is 0 Å². The van der Waals surface area contributed by atoms with Crippen LogP contribution in [0.4, 0.5) is 0 Å². The molecular weight excluding hydrogens is 320 g/mol. The van der Waals surface area contributed by atoms with Gasteiger partial charge in [0.2, 0.25) is 0 Å². The molecule has 2 rings (SSSR count). The second-order valence-electron chi connectivity index (χ2n) is 5.37. The highest BCUT2D eigenvalue weighted by molar-refractivity contribution is 5.42. The van der Waals surface area contributed by atoms with Crippen LogP contribution >= 0.6 is 0 Å². The molecule has 5 nitrogen and oxygen atoms in total. The van der Waals surface area contributed by atoms with Crippen molar-refractivity contribution in [2.24, 2.45) is 0 Å². The van der Waals surface area contributed by atoms with Gasteiger partial charge in [0.05, 0.1) is 26.9 Å². The first-order valence-electron chi connectivity index (χ1n) is 8.43. The molecule has 0 saturated carbocycles. The van der Waals surface area contributed by atoms with E-state index in [1.807, 2.05) is 56.3 Å². The van der Waals surface area contributed by atoms with E-state index < -0.39 is 0 Å². The molecule has 0 saturated heterocycles. The number of methoxy groups -OCH3 is 1. The van der Waals surface area contributed by atoms with Crippen molar-refractivity contribution in [1.82, 2.24) is 0 Å². The third-order valence-corrected chi connectivity index (χ3v) is 3.42. The summed E-state index contributed by atoms with van der Waals surface area (Å²) < 4.78 is 27.6. The first-order valence-corrected chi connectivity index (χ1v) is 8.43. The van der Waals surface area contributed by atoms with Crippen molar-refractivity contribution >= 4 is 0 Å². The average molecular weight is 346 g/mol. The van der Waals surface area contributed by atoms with Gasteiger partial charge in [-0.15, -0.1) is 0 Å². The van der Waals surface area contributed by atoms with Gasteiger partial charge in [-0.05, 0) is 43.7 Å². The van der Waals surface area contributed by atoms with Crippen molar-refractivity contribution in [3.05, 3.63) is 48.0 Å².